The Balaban J connectivity index is 1.77. The molecule has 3 rings (SSSR count). The molecular formula is C18H15ClN4O2S. The zero-order chi connectivity index (χ0) is 18.5. The number of hydrogen-bond donors (Lipinski definition) is 2. The van der Waals surface area contributed by atoms with E-state index in [9.17, 15) is 9.59 Å². The number of alkyl halides is 1. The zero-order valence-corrected chi connectivity index (χ0v) is 15.3. The van der Waals surface area contributed by atoms with Gasteiger partial charge in [-0.25, -0.2) is 0 Å². The Labute approximate surface area is 159 Å². The molecular weight excluding hydrogens is 372 g/mol. The van der Waals surface area contributed by atoms with Crippen molar-refractivity contribution < 1.29 is 9.59 Å². The van der Waals surface area contributed by atoms with Crippen LogP contribution in [0.1, 0.15) is 17.3 Å². The highest BCUT2D eigenvalue weighted by atomic mass is 35.5. The SMILES string of the molecule is C[C@H](Cl)C(=O)Nc1ccccc1C(=O)Nc1nnc(-c2ccccc2)s1. The van der Waals surface area contributed by atoms with Crippen LogP contribution in [0.2, 0.25) is 0 Å². The van der Waals surface area contributed by atoms with E-state index in [0.29, 0.717) is 21.4 Å². The first-order chi connectivity index (χ1) is 12.5. The summed E-state index contributed by atoms with van der Waals surface area (Å²) in [5.41, 5.74) is 1.62. The molecule has 0 saturated heterocycles. The van der Waals surface area contributed by atoms with Gasteiger partial charge in [0.2, 0.25) is 11.0 Å². The minimum absolute atomic E-state index is 0.314. The quantitative estimate of drug-likeness (QED) is 0.648. The fraction of sp³-hybridized carbons (Fsp3) is 0.111. The van der Waals surface area contributed by atoms with Crippen molar-refractivity contribution in [1.82, 2.24) is 10.2 Å². The van der Waals surface area contributed by atoms with Crippen molar-refractivity contribution in [3.05, 3.63) is 60.2 Å². The average molecular weight is 387 g/mol. The van der Waals surface area contributed by atoms with E-state index in [1.165, 1.54) is 11.3 Å². The summed E-state index contributed by atoms with van der Waals surface area (Å²) in [6, 6.07) is 16.3. The Bertz CT molecular complexity index is 928. The Morgan fingerprint density at radius 3 is 2.42 bits per heavy atom. The maximum Gasteiger partial charge on any atom is 0.259 e. The summed E-state index contributed by atoms with van der Waals surface area (Å²) >= 11 is 7.04. The first-order valence-electron chi connectivity index (χ1n) is 7.79. The summed E-state index contributed by atoms with van der Waals surface area (Å²) in [6.07, 6.45) is 0. The second-order valence-electron chi connectivity index (χ2n) is 5.38. The van der Waals surface area contributed by atoms with Crippen molar-refractivity contribution >= 4 is 45.6 Å². The van der Waals surface area contributed by atoms with Gasteiger partial charge in [0, 0.05) is 5.56 Å². The molecule has 2 aromatic carbocycles. The van der Waals surface area contributed by atoms with Gasteiger partial charge in [0.05, 0.1) is 11.3 Å². The number of amides is 2. The van der Waals surface area contributed by atoms with Gasteiger partial charge in [-0.05, 0) is 19.1 Å². The van der Waals surface area contributed by atoms with E-state index in [1.807, 2.05) is 30.3 Å². The number of anilines is 2. The van der Waals surface area contributed by atoms with Crippen molar-refractivity contribution in [1.29, 1.82) is 0 Å². The van der Waals surface area contributed by atoms with Crippen LogP contribution in [0.3, 0.4) is 0 Å². The molecule has 0 aliphatic heterocycles. The minimum atomic E-state index is -0.706. The Morgan fingerprint density at radius 1 is 1.00 bits per heavy atom. The molecule has 0 unspecified atom stereocenters. The van der Waals surface area contributed by atoms with E-state index in [4.69, 9.17) is 11.6 Å². The smallest absolute Gasteiger partial charge is 0.259 e. The van der Waals surface area contributed by atoms with Crippen LogP contribution in [0.4, 0.5) is 10.8 Å². The molecule has 0 bridgehead atoms. The average Bonchev–Trinajstić information content (AvgIpc) is 3.11. The fourth-order valence-electron chi connectivity index (χ4n) is 2.16. The van der Waals surface area contributed by atoms with E-state index in [1.54, 1.807) is 31.2 Å². The molecule has 2 N–H and O–H groups in total. The van der Waals surface area contributed by atoms with Gasteiger partial charge < -0.3 is 5.32 Å². The van der Waals surface area contributed by atoms with E-state index < -0.39 is 5.38 Å². The fourth-order valence-corrected chi connectivity index (χ4v) is 2.96. The predicted octanol–water partition coefficient (Wildman–Crippen LogP) is 4.02. The first-order valence-corrected chi connectivity index (χ1v) is 9.04. The molecule has 0 saturated carbocycles. The molecule has 132 valence electrons. The number of halogens is 1. The highest BCUT2D eigenvalue weighted by Gasteiger charge is 2.17. The summed E-state index contributed by atoms with van der Waals surface area (Å²) in [7, 11) is 0. The van der Waals surface area contributed by atoms with Crippen LogP contribution in [0.25, 0.3) is 10.6 Å². The van der Waals surface area contributed by atoms with Crippen LogP contribution >= 0.6 is 22.9 Å². The first kappa shape index (κ1) is 18.0. The maximum absolute atomic E-state index is 12.6. The number of nitrogens with one attached hydrogen (secondary N) is 2. The van der Waals surface area contributed by atoms with Gasteiger partial charge in [-0.1, -0.05) is 53.8 Å². The van der Waals surface area contributed by atoms with Crippen molar-refractivity contribution in [2.24, 2.45) is 0 Å². The molecule has 1 atom stereocenters. The van der Waals surface area contributed by atoms with Crippen LogP contribution in [0.5, 0.6) is 0 Å². The second-order valence-corrected chi connectivity index (χ2v) is 7.02. The van der Waals surface area contributed by atoms with Crippen molar-refractivity contribution in [2.75, 3.05) is 10.6 Å². The second kappa shape index (κ2) is 8.07. The third kappa shape index (κ3) is 4.25. The van der Waals surface area contributed by atoms with Crippen LogP contribution in [0.15, 0.2) is 54.6 Å². The van der Waals surface area contributed by atoms with Gasteiger partial charge >= 0.3 is 0 Å². The third-order valence-electron chi connectivity index (χ3n) is 3.46. The molecule has 1 aromatic heterocycles. The van der Waals surface area contributed by atoms with Crippen LogP contribution < -0.4 is 10.6 Å². The topological polar surface area (TPSA) is 84.0 Å². The molecule has 6 nitrogen and oxygen atoms in total. The predicted molar refractivity (Wildman–Crippen MR) is 104 cm³/mol. The number of benzene rings is 2. The molecule has 26 heavy (non-hydrogen) atoms. The Hall–Kier alpha value is -2.77. The highest BCUT2D eigenvalue weighted by molar-refractivity contribution is 7.18. The Morgan fingerprint density at radius 2 is 1.69 bits per heavy atom. The molecule has 0 radical (unpaired) electrons. The van der Waals surface area contributed by atoms with Gasteiger partial charge in [-0.3, -0.25) is 14.9 Å². The number of rotatable bonds is 5. The molecule has 0 aliphatic rings. The van der Waals surface area contributed by atoms with Crippen molar-refractivity contribution in [2.45, 2.75) is 12.3 Å². The lowest BCUT2D eigenvalue weighted by Gasteiger charge is -2.11. The van der Waals surface area contributed by atoms with Gasteiger partial charge in [0.1, 0.15) is 10.4 Å². The third-order valence-corrected chi connectivity index (χ3v) is 4.54. The summed E-state index contributed by atoms with van der Waals surface area (Å²) < 4.78 is 0. The molecule has 1 heterocycles. The maximum atomic E-state index is 12.6. The number of carbonyl (C=O) groups excluding carboxylic acids is 2. The van der Waals surface area contributed by atoms with E-state index >= 15 is 0 Å². The molecule has 0 fully saturated rings. The summed E-state index contributed by atoms with van der Waals surface area (Å²) in [5, 5.41) is 13.8. The summed E-state index contributed by atoms with van der Waals surface area (Å²) in [4.78, 5) is 24.4. The molecule has 0 spiro atoms. The van der Waals surface area contributed by atoms with Gasteiger partial charge in [-0.15, -0.1) is 21.8 Å². The largest absolute Gasteiger partial charge is 0.324 e. The van der Waals surface area contributed by atoms with E-state index in [-0.39, 0.29) is 11.8 Å². The summed E-state index contributed by atoms with van der Waals surface area (Å²) in [6.45, 7) is 1.56. The van der Waals surface area contributed by atoms with E-state index in [0.717, 1.165) is 5.56 Å². The monoisotopic (exact) mass is 386 g/mol. The molecule has 0 aliphatic carbocycles. The number of aromatic nitrogens is 2. The van der Waals surface area contributed by atoms with E-state index in [2.05, 4.69) is 20.8 Å². The standard InChI is InChI=1S/C18H15ClN4O2S/c1-11(19)15(24)20-14-10-6-5-9-13(14)16(25)21-18-23-22-17(26-18)12-7-3-2-4-8-12/h2-11H,1H3,(H,20,24)(H,21,23,25)/t11-/m0/s1. The lowest BCUT2D eigenvalue weighted by molar-refractivity contribution is -0.115. The molecule has 8 heteroatoms. The minimum Gasteiger partial charge on any atom is -0.324 e. The lowest BCUT2D eigenvalue weighted by atomic mass is 10.1. The zero-order valence-electron chi connectivity index (χ0n) is 13.8. The number of hydrogen-bond acceptors (Lipinski definition) is 5. The number of nitrogens with zero attached hydrogens (tertiary/aromatic N) is 2. The van der Waals surface area contributed by atoms with Gasteiger partial charge in [-0.2, -0.15) is 0 Å². The molecule has 2 amide bonds. The summed E-state index contributed by atoms with van der Waals surface area (Å²) in [5.74, 6) is -0.770. The highest BCUT2D eigenvalue weighted by Crippen LogP contribution is 2.27. The normalized spacial score (nSPS) is 11.6. The van der Waals surface area contributed by atoms with Gasteiger partial charge in [0.15, 0.2) is 0 Å². The van der Waals surface area contributed by atoms with Crippen molar-refractivity contribution in [3.63, 3.8) is 0 Å². The number of para-hydroxylation sites is 1. The van der Waals surface area contributed by atoms with Crippen LogP contribution in [-0.4, -0.2) is 27.4 Å². The van der Waals surface area contributed by atoms with Crippen molar-refractivity contribution in [3.8, 4) is 10.6 Å². The lowest BCUT2D eigenvalue weighted by Crippen LogP contribution is -2.23. The number of carbonyl (C=O) groups is 2. The van der Waals surface area contributed by atoms with Crippen LogP contribution in [-0.2, 0) is 4.79 Å². The Kier molecular flexibility index (Phi) is 5.60. The molecule has 3 aromatic rings. The van der Waals surface area contributed by atoms with Gasteiger partial charge in [0.25, 0.3) is 5.91 Å². The van der Waals surface area contributed by atoms with Crippen LogP contribution in [0, 0.1) is 0 Å².